The third-order valence-electron chi connectivity index (χ3n) is 6.54. The van der Waals surface area contributed by atoms with Crippen LogP contribution in [0.25, 0.3) is 17.3 Å². The van der Waals surface area contributed by atoms with Crippen molar-refractivity contribution < 1.29 is 22.3 Å². The molecule has 9 nitrogen and oxygen atoms in total. The summed E-state index contributed by atoms with van der Waals surface area (Å²) in [5.74, 6) is -0.448. The van der Waals surface area contributed by atoms with Gasteiger partial charge in [0, 0.05) is 31.2 Å². The lowest BCUT2D eigenvalue weighted by Crippen LogP contribution is -2.46. The standard InChI is InChI=1S/C26H26Cl2FN5O4S/c1-39(36,37)33-15-18(13-17-5-8-20(29)9-6-17)24-21(16-33)25(38-26(35)31-32-11-3-2-4-12-32)30-34(24)23-10-7-19(27)14-22(23)28/h5-10,13-14H,2-4,11-12,15-16H2,1H3,(H,31,35)/b18-13+. The Kier molecular flexibility index (Phi) is 7.97. The summed E-state index contributed by atoms with van der Waals surface area (Å²) >= 11 is 12.7. The highest BCUT2D eigenvalue weighted by Crippen LogP contribution is 2.39. The second kappa shape index (κ2) is 11.3. The number of aromatic nitrogens is 2. The number of hydrogen-bond acceptors (Lipinski definition) is 6. The lowest BCUT2D eigenvalue weighted by Gasteiger charge is -2.28. The van der Waals surface area contributed by atoms with Gasteiger partial charge in [-0.1, -0.05) is 41.8 Å². The van der Waals surface area contributed by atoms with Crippen molar-refractivity contribution in [2.45, 2.75) is 25.8 Å². The third kappa shape index (κ3) is 6.28. The Labute approximate surface area is 235 Å². The van der Waals surface area contributed by atoms with Crippen molar-refractivity contribution in [3.05, 3.63) is 75.1 Å². The normalized spacial score (nSPS) is 17.7. The molecule has 206 valence electrons. The molecule has 0 radical (unpaired) electrons. The molecule has 0 aliphatic carbocycles. The molecule has 0 bridgehead atoms. The number of nitrogens with one attached hydrogen (secondary N) is 1. The zero-order valence-corrected chi connectivity index (χ0v) is 23.4. The van der Waals surface area contributed by atoms with Gasteiger partial charge in [-0.25, -0.2) is 27.3 Å². The van der Waals surface area contributed by atoms with Crippen molar-refractivity contribution in [1.29, 1.82) is 0 Å². The molecule has 3 heterocycles. The van der Waals surface area contributed by atoms with Crippen LogP contribution in [0.2, 0.25) is 10.0 Å². The first-order chi connectivity index (χ1) is 18.6. The second-order valence-corrected chi connectivity index (χ2v) is 12.3. The largest absolute Gasteiger partial charge is 0.428 e. The molecule has 0 saturated carbocycles. The molecule has 1 amide bonds. The summed E-state index contributed by atoms with van der Waals surface area (Å²) < 4.78 is 47.3. The van der Waals surface area contributed by atoms with Crippen LogP contribution in [0.4, 0.5) is 9.18 Å². The molecule has 1 N–H and O–H groups in total. The Balaban J connectivity index is 1.63. The molecule has 3 aromatic rings. The van der Waals surface area contributed by atoms with E-state index in [1.54, 1.807) is 41.4 Å². The summed E-state index contributed by atoms with van der Waals surface area (Å²) in [7, 11) is -3.65. The van der Waals surface area contributed by atoms with E-state index in [0.29, 0.717) is 51.2 Å². The van der Waals surface area contributed by atoms with Crippen molar-refractivity contribution in [2.75, 3.05) is 25.9 Å². The van der Waals surface area contributed by atoms with Gasteiger partial charge in [-0.3, -0.25) is 5.43 Å². The fraction of sp³-hybridized carbons (Fsp3) is 0.308. The van der Waals surface area contributed by atoms with Crippen LogP contribution < -0.4 is 10.2 Å². The average molecular weight is 594 g/mol. The fourth-order valence-corrected chi connectivity index (χ4v) is 5.89. The van der Waals surface area contributed by atoms with Crippen molar-refractivity contribution in [2.24, 2.45) is 0 Å². The van der Waals surface area contributed by atoms with Crippen LogP contribution in [0, 0.1) is 5.82 Å². The van der Waals surface area contributed by atoms with E-state index in [4.69, 9.17) is 27.9 Å². The van der Waals surface area contributed by atoms with E-state index in [9.17, 15) is 17.6 Å². The Hall–Kier alpha value is -2.96. The van der Waals surface area contributed by atoms with Gasteiger partial charge in [-0.05, 0) is 60.4 Å². The number of hydrogen-bond donors (Lipinski definition) is 1. The van der Waals surface area contributed by atoms with Gasteiger partial charge in [0.1, 0.15) is 5.82 Å². The minimum atomic E-state index is -3.65. The molecule has 1 fully saturated rings. The maximum absolute atomic E-state index is 13.6. The number of carbonyl (C=O) groups excluding carboxylic acids is 1. The molecule has 1 saturated heterocycles. The van der Waals surface area contributed by atoms with Gasteiger partial charge in [-0.2, -0.15) is 4.31 Å². The third-order valence-corrected chi connectivity index (χ3v) is 8.28. The number of amides is 1. The van der Waals surface area contributed by atoms with Crippen LogP contribution in [0.15, 0.2) is 42.5 Å². The van der Waals surface area contributed by atoms with Gasteiger partial charge < -0.3 is 4.74 Å². The monoisotopic (exact) mass is 593 g/mol. The fourth-order valence-electron chi connectivity index (χ4n) is 4.66. The Morgan fingerprint density at radius 2 is 1.79 bits per heavy atom. The first-order valence-corrected chi connectivity index (χ1v) is 14.9. The molecule has 39 heavy (non-hydrogen) atoms. The Morgan fingerprint density at radius 1 is 1.08 bits per heavy atom. The summed E-state index contributed by atoms with van der Waals surface area (Å²) in [6.07, 6.45) is 5.14. The number of fused-ring (bicyclic) bond motifs is 1. The quantitative estimate of drug-likeness (QED) is 0.441. The molecule has 0 unspecified atom stereocenters. The first-order valence-electron chi connectivity index (χ1n) is 12.3. The average Bonchev–Trinajstić information content (AvgIpc) is 3.23. The molecular weight excluding hydrogens is 568 g/mol. The van der Waals surface area contributed by atoms with Crippen molar-refractivity contribution in [1.82, 2.24) is 24.5 Å². The molecule has 2 aliphatic heterocycles. The van der Waals surface area contributed by atoms with Crippen LogP contribution in [0.1, 0.15) is 36.1 Å². The van der Waals surface area contributed by atoms with Crippen LogP contribution in [0.5, 0.6) is 5.88 Å². The minimum Gasteiger partial charge on any atom is -0.388 e. The Bertz CT molecular complexity index is 1540. The first kappa shape index (κ1) is 27.6. The van der Waals surface area contributed by atoms with Gasteiger partial charge in [-0.15, -0.1) is 5.10 Å². The van der Waals surface area contributed by atoms with E-state index >= 15 is 0 Å². The number of hydrazine groups is 1. The zero-order chi connectivity index (χ0) is 27.7. The van der Waals surface area contributed by atoms with Crippen LogP contribution in [0.3, 0.4) is 0 Å². The predicted octanol–water partition coefficient (Wildman–Crippen LogP) is 5.12. The number of benzene rings is 2. The highest BCUT2D eigenvalue weighted by Gasteiger charge is 2.35. The van der Waals surface area contributed by atoms with Crippen LogP contribution in [-0.4, -0.2) is 59.5 Å². The Morgan fingerprint density at radius 3 is 2.46 bits per heavy atom. The summed E-state index contributed by atoms with van der Waals surface area (Å²) in [5.41, 5.74) is 5.30. The highest BCUT2D eigenvalue weighted by atomic mass is 35.5. The van der Waals surface area contributed by atoms with E-state index < -0.39 is 21.9 Å². The topological polar surface area (TPSA) is 96.8 Å². The summed E-state index contributed by atoms with van der Waals surface area (Å²) in [4.78, 5) is 12.9. The number of piperidine rings is 1. The summed E-state index contributed by atoms with van der Waals surface area (Å²) in [6, 6.07) is 10.7. The molecule has 2 aliphatic rings. The lowest BCUT2D eigenvalue weighted by atomic mass is 10.0. The van der Waals surface area contributed by atoms with Crippen LogP contribution >= 0.6 is 23.2 Å². The van der Waals surface area contributed by atoms with Gasteiger partial charge >= 0.3 is 6.09 Å². The number of nitrogens with zero attached hydrogens (tertiary/aromatic N) is 4. The summed E-state index contributed by atoms with van der Waals surface area (Å²) in [6.45, 7) is 1.34. The number of halogens is 3. The maximum atomic E-state index is 13.6. The van der Waals surface area contributed by atoms with E-state index in [0.717, 1.165) is 25.5 Å². The van der Waals surface area contributed by atoms with Gasteiger partial charge in [0.25, 0.3) is 0 Å². The van der Waals surface area contributed by atoms with E-state index in [-0.39, 0.29) is 19.0 Å². The number of rotatable bonds is 5. The molecule has 0 atom stereocenters. The zero-order valence-electron chi connectivity index (χ0n) is 21.0. The van der Waals surface area contributed by atoms with E-state index in [1.165, 1.54) is 21.1 Å². The van der Waals surface area contributed by atoms with Crippen molar-refractivity contribution in [3.63, 3.8) is 0 Å². The van der Waals surface area contributed by atoms with Gasteiger partial charge in [0.15, 0.2) is 0 Å². The van der Waals surface area contributed by atoms with Crippen molar-refractivity contribution >= 4 is 51.0 Å². The molecule has 5 rings (SSSR count). The smallest absolute Gasteiger partial charge is 0.388 e. The molecule has 2 aromatic carbocycles. The summed E-state index contributed by atoms with van der Waals surface area (Å²) in [5, 5.41) is 7.08. The maximum Gasteiger partial charge on any atom is 0.428 e. The number of carbonyl (C=O) groups is 1. The number of ether oxygens (including phenoxy) is 1. The minimum absolute atomic E-state index is 0.0134. The van der Waals surface area contributed by atoms with Gasteiger partial charge in [0.05, 0.1) is 28.2 Å². The van der Waals surface area contributed by atoms with Gasteiger partial charge in [0.2, 0.25) is 15.9 Å². The predicted molar refractivity (Wildman–Crippen MR) is 148 cm³/mol. The van der Waals surface area contributed by atoms with E-state index in [2.05, 4.69) is 10.5 Å². The van der Waals surface area contributed by atoms with Crippen molar-refractivity contribution in [3.8, 4) is 11.6 Å². The van der Waals surface area contributed by atoms with Crippen LogP contribution in [-0.2, 0) is 16.6 Å². The number of sulfonamides is 1. The molecule has 0 spiro atoms. The second-order valence-electron chi connectivity index (χ2n) is 9.44. The highest BCUT2D eigenvalue weighted by molar-refractivity contribution is 7.88. The SMILES string of the molecule is CS(=O)(=O)N1C/C(=C\c2ccc(F)cc2)c2c(c(OC(=O)NN3CCCCC3)nn2-c2ccc(Cl)cc2Cl)C1. The lowest BCUT2D eigenvalue weighted by molar-refractivity contribution is 0.127. The van der Waals surface area contributed by atoms with E-state index in [1.807, 2.05) is 0 Å². The molecule has 1 aromatic heterocycles. The molecular formula is C26H26Cl2FN5O4S. The molecule has 13 heteroatoms.